The molecule has 0 atom stereocenters. The van der Waals surface area contributed by atoms with Gasteiger partial charge in [-0.1, -0.05) is 57.9 Å². The summed E-state index contributed by atoms with van der Waals surface area (Å²) in [4.78, 5) is 25.6. The molecule has 0 bridgehead atoms. The molecule has 5 aromatic rings. The predicted molar refractivity (Wildman–Crippen MR) is 137 cm³/mol. The van der Waals surface area contributed by atoms with Gasteiger partial charge in [0, 0.05) is 25.5 Å². The Morgan fingerprint density at radius 1 is 1.06 bits per heavy atom. The van der Waals surface area contributed by atoms with Crippen LogP contribution in [0.4, 0.5) is 0 Å². The molecule has 34 heavy (non-hydrogen) atoms. The largest absolute Gasteiger partial charge is 0.451 e. The zero-order valence-electron chi connectivity index (χ0n) is 17.2. The van der Waals surface area contributed by atoms with Crippen LogP contribution in [-0.4, -0.2) is 18.1 Å². The number of amides is 1. The lowest BCUT2D eigenvalue weighted by molar-refractivity contribution is 0.0739. The first kappa shape index (κ1) is 22.3. The van der Waals surface area contributed by atoms with Gasteiger partial charge < -0.3 is 9.15 Å². The molecule has 0 saturated carbocycles. The SMILES string of the molecule is O=C(N/N=C/c1ccccc1OC(=O)c1sc2ccccc2c1Cl)c1cc2cc(Br)ccc2o1. The molecule has 0 saturated heterocycles. The molecule has 9 heteroatoms. The van der Waals surface area contributed by atoms with E-state index in [0.717, 1.165) is 19.9 Å². The number of hydrogen-bond donors (Lipinski definition) is 1. The molecule has 0 aliphatic heterocycles. The van der Waals surface area contributed by atoms with Gasteiger partial charge >= 0.3 is 11.9 Å². The van der Waals surface area contributed by atoms with Crippen molar-refractivity contribution >= 4 is 78.0 Å². The lowest BCUT2D eigenvalue weighted by atomic mass is 10.2. The van der Waals surface area contributed by atoms with Crippen molar-refractivity contribution in [3.63, 3.8) is 0 Å². The molecule has 3 aromatic carbocycles. The number of hydrogen-bond acceptors (Lipinski definition) is 6. The van der Waals surface area contributed by atoms with Crippen molar-refractivity contribution in [2.24, 2.45) is 5.10 Å². The highest BCUT2D eigenvalue weighted by molar-refractivity contribution is 9.10. The van der Waals surface area contributed by atoms with E-state index < -0.39 is 11.9 Å². The summed E-state index contributed by atoms with van der Waals surface area (Å²) in [5.74, 6) is -0.656. The first-order valence-electron chi connectivity index (χ1n) is 10.0. The summed E-state index contributed by atoms with van der Waals surface area (Å²) in [6.45, 7) is 0. The fourth-order valence-electron chi connectivity index (χ4n) is 3.31. The molecule has 1 amide bonds. The van der Waals surface area contributed by atoms with Gasteiger partial charge in [-0.3, -0.25) is 4.79 Å². The van der Waals surface area contributed by atoms with Crippen LogP contribution < -0.4 is 10.2 Å². The molecule has 6 nitrogen and oxygen atoms in total. The van der Waals surface area contributed by atoms with E-state index in [1.165, 1.54) is 17.6 Å². The van der Waals surface area contributed by atoms with Crippen LogP contribution in [0.15, 0.2) is 86.8 Å². The fourth-order valence-corrected chi connectivity index (χ4v) is 5.08. The molecular formula is C25H14BrClN2O4S. The van der Waals surface area contributed by atoms with Crippen molar-refractivity contribution in [3.8, 4) is 5.75 Å². The van der Waals surface area contributed by atoms with E-state index in [0.29, 0.717) is 21.0 Å². The number of esters is 1. The zero-order chi connectivity index (χ0) is 23.7. The second kappa shape index (κ2) is 9.42. The normalized spacial score (nSPS) is 11.4. The molecule has 2 heterocycles. The molecule has 1 N–H and O–H groups in total. The van der Waals surface area contributed by atoms with E-state index in [4.69, 9.17) is 20.8 Å². The Labute approximate surface area is 210 Å². The average Bonchev–Trinajstić information content (AvgIpc) is 3.41. The predicted octanol–water partition coefficient (Wildman–Crippen LogP) is 7.05. The Kier molecular flexibility index (Phi) is 6.19. The number of fused-ring (bicyclic) bond motifs is 2. The molecular weight excluding hydrogens is 540 g/mol. The van der Waals surface area contributed by atoms with Crippen LogP contribution in [0, 0.1) is 0 Å². The highest BCUT2D eigenvalue weighted by Gasteiger charge is 2.20. The highest BCUT2D eigenvalue weighted by atomic mass is 79.9. The Morgan fingerprint density at radius 3 is 2.71 bits per heavy atom. The Balaban J connectivity index is 1.31. The number of para-hydroxylation sites is 1. The number of rotatable bonds is 5. The Hall–Kier alpha value is -3.46. The van der Waals surface area contributed by atoms with Gasteiger partial charge in [-0.2, -0.15) is 5.10 Å². The maximum atomic E-state index is 12.8. The van der Waals surface area contributed by atoms with Gasteiger partial charge in [0.15, 0.2) is 5.76 Å². The van der Waals surface area contributed by atoms with Crippen LogP contribution >= 0.6 is 38.9 Å². The molecule has 168 valence electrons. The summed E-state index contributed by atoms with van der Waals surface area (Å²) in [6.07, 6.45) is 1.40. The molecule has 0 spiro atoms. The van der Waals surface area contributed by atoms with Crippen molar-refractivity contribution in [1.82, 2.24) is 5.43 Å². The van der Waals surface area contributed by atoms with Gasteiger partial charge in [0.2, 0.25) is 0 Å². The molecule has 2 aromatic heterocycles. The summed E-state index contributed by atoms with van der Waals surface area (Å²) < 4.78 is 12.9. The number of furan rings is 1. The summed E-state index contributed by atoms with van der Waals surface area (Å²) in [7, 11) is 0. The van der Waals surface area contributed by atoms with Gasteiger partial charge in [-0.05, 0) is 42.5 Å². The lowest BCUT2D eigenvalue weighted by Gasteiger charge is -2.06. The number of ether oxygens (including phenoxy) is 1. The monoisotopic (exact) mass is 552 g/mol. The lowest BCUT2D eigenvalue weighted by Crippen LogP contribution is -2.17. The van der Waals surface area contributed by atoms with Crippen molar-refractivity contribution in [2.75, 3.05) is 0 Å². The Bertz CT molecular complexity index is 1590. The van der Waals surface area contributed by atoms with Gasteiger partial charge in [0.25, 0.3) is 0 Å². The second-order valence-electron chi connectivity index (χ2n) is 7.16. The molecule has 0 radical (unpaired) electrons. The van der Waals surface area contributed by atoms with Crippen LogP contribution in [0.1, 0.15) is 25.8 Å². The van der Waals surface area contributed by atoms with Crippen LogP contribution in [0.25, 0.3) is 21.1 Å². The van der Waals surface area contributed by atoms with Crippen LogP contribution in [0.2, 0.25) is 5.02 Å². The minimum Gasteiger partial charge on any atom is -0.451 e. The standard InChI is InChI=1S/C25H14BrClN2O4S/c26-16-9-10-19-15(11-16)12-20(32-19)24(30)29-28-13-14-5-1-3-7-18(14)33-25(31)23-22(27)17-6-2-4-8-21(17)34-23/h1-13H,(H,29,30)/b28-13+. The van der Waals surface area contributed by atoms with Crippen molar-refractivity contribution in [1.29, 1.82) is 0 Å². The summed E-state index contributed by atoms with van der Waals surface area (Å²) in [5, 5.41) is 5.95. The van der Waals surface area contributed by atoms with Gasteiger partial charge in [0.05, 0.1) is 11.2 Å². The van der Waals surface area contributed by atoms with E-state index in [2.05, 4.69) is 26.5 Å². The minimum atomic E-state index is -0.565. The number of carbonyl (C=O) groups excluding carboxylic acids is 2. The van der Waals surface area contributed by atoms with Crippen LogP contribution in [0.3, 0.4) is 0 Å². The van der Waals surface area contributed by atoms with E-state index in [9.17, 15) is 9.59 Å². The molecule has 0 fully saturated rings. The minimum absolute atomic E-state index is 0.129. The topological polar surface area (TPSA) is 80.9 Å². The fraction of sp³-hybridized carbons (Fsp3) is 0. The molecule has 0 aliphatic rings. The molecule has 0 unspecified atom stereocenters. The number of nitrogens with one attached hydrogen (secondary N) is 1. The van der Waals surface area contributed by atoms with Gasteiger partial charge in [0.1, 0.15) is 16.2 Å². The van der Waals surface area contributed by atoms with E-state index in [1.807, 2.05) is 36.4 Å². The van der Waals surface area contributed by atoms with Crippen LogP contribution in [0.5, 0.6) is 5.75 Å². The number of carbonyl (C=O) groups is 2. The quantitative estimate of drug-likeness (QED) is 0.109. The number of benzene rings is 3. The first-order valence-corrected chi connectivity index (χ1v) is 12.0. The van der Waals surface area contributed by atoms with Gasteiger partial charge in [-0.15, -0.1) is 11.3 Å². The Morgan fingerprint density at radius 2 is 1.85 bits per heavy atom. The third-order valence-electron chi connectivity index (χ3n) is 4.91. The maximum absolute atomic E-state index is 12.8. The molecule has 0 aliphatic carbocycles. The van der Waals surface area contributed by atoms with Gasteiger partial charge in [-0.25, -0.2) is 10.2 Å². The van der Waals surface area contributed by atoms with E-state index in [1.54, 1.807) is 36.4 Å². The number of hydrazone groups is 1. The summed E-state index contributed by atoms with van der Waals surface area (Å²) in [5.41, 5.74) is 3.52. The van der Waals surface area contributed by atoms with E-state index in [-0.39, 0.29) is 11.5 Å². The average molecular weight is 554 g/mol. The van der Waals surface area contributed by atoms with Crippen molar-refractivity contribution in [2.45, 2.75) is 0 Å². The summed E-state index contributed by atoms with van der Waals surface area (Å²) >= 11 is 11.1. The van der Waals surface area contributed by atoms with Crippen molar-refractivity contribution < 1.29 is 18.7 Å². The maximum Gasteiger partial charge on any atom is 0.355 e. The smallest absolute Gasteiger partial charge is 0.355 e. The number of nitrogens with zero attached hydrogens (tertiary/aromatic N) is 1. The third-order valence-corrected chi connectivity index (χ3v) is 7.06. The second-order valence-corrected chi connectivity index (χ2v) is 9.51. The number of thiophene rings is 1. The number of halogens is 2. The van der Waals surface area contributed by atoms with Crippen molar-refractivity contribution in [3.05, 3.63) is 98.5 Å². The first-order chi connectivity index (χ1) is 16.5. The third kappa shape index (κ3) is 4.48. The summed E-state index contributed by atoms with van der Waals surface area (Å²) in [6, 6.07) is 21.4. The molecule has 5 rings (SSSR count). The highest BCUT2D eigenvalue weighted by Crippen LogP contribution is 2.36. The van der Waals surface area contributed by atoms with E-state index >= 15 is 0 Å². The zero-order valence-corrected chi connectivity index (χ0v) is 20.4. The van der Waals surface area contributed by atoms with Crippen LogP contribution in [-0.2, 0) is 0 Å².